The maximum Gasteiger partial charge on any atom is 0.122 e. The van der Waals surface area contributed by atoms with Crippen molar-refractivity contribution < 1.29 is 4.63 Å². The molecule has 0 aromatic carbocycles. The van der Waals surface area contributed by atoms with Crippen LogP contribution in [0, 0.1) is 6.92 Å². The van der Waals surface area contributed by atoms with Crippen molar-refractivity contribution in [3.05, 3.63) is 29.6 Å². The zero-order valence-corrected chi connectivity index (χ0v) is 8.77. The summed E-state index contributed by atoms with van der Waals surface area (Å²) in [6.45, 7) is 3.21. The number of hydrogen-bond acceptors (Lipinski definition) is 5. The lowest BCUT2D eigenvalue weighted by Crippen LogP contribution is -2.16. The van der Waals surface area contributed by atoms with Crippen LogP contribution in [0.25, 0.3) is 0 Å². The summed E-state index contributed by atoms with van der Waals surface area (Å²) in [5.74, 6) is 0.990. The second kappa shape index (κ2) is 4.22. The summed E-state index contributed by atoms with van der Waals surface area (Å²) in [5.41, 5.74) is 1.66. The SMILES string of the molecule is Cc1nonc1CNCc1nccn1C. The molecule has 0 radical (unpaired) electrons. The molecule has 2 rings (SSSR count). The zero-order valence-electron chi connectivity index (χ0n) is 8.77. The van der Waals surface area contributed by atoms with Crippen molar-refractivity contribution in [3.63, 3.8) is 0 Å². The van der Waals surface area contributed by atoms with Gasteiger partial charge in [0.05, 0.1) is 6.54 Å². The van der Waals surface area contributed by atoms with Gasteiger partial charge >= 0.3 is 0 Å². The van der Waals surface area contributed by atoms with E-state index in [1.807, 2.05) is 24.7 Å². The van der Waals surface area contributed by atoms with Crippen molar-refractivity contribution in [2.45, 2.75) is 20.0 Å². The largest absolute Gasteiger partial charge is 0.337 e. The van der Waals surface area contributed by atoms with Crippen LogP contribution in [0.3, 0.4) is 0 Å². The molecule has 0 saturated heterocycles. The van der Waals surface area contributed by atoms with E-state index in [1.165, 1.54) is 0 Å². The van der Waals surface area contributed by atoms with E-state index in [1.54, 1.807) is 6.20 Å². The average molecular weight is 207 g/mol. The summed E-state index contributed by atoms with van der Waals surface area (Å²) in [6, 6.07) is 0. The highest BCUT2D eigenvalue weighted by atomic mass is 16.6. The Kier molecular flexibility index (Phi) is 2.77. The molecule has 80 valence electrons. The third-order valence-electron chi connectivity index (χ3n) is 2.24. The summed E-state index contributed by atoms with van der Waals surface area (Å²) in [5, 5.41) is 10.7. The first-order chi connectivity index (χ1) is 7.27. The van der Waals surface area contributed by atoms with Gasteiger partial charge in [-0.1, -0.05) is 10.3 Å². The van der Waals surface area contributed by atoms with E-state index in [0.717, 1.165) is 17.2 Å². The van der Waals surface area contributed by atoms with E-state index in [0.29, 0.717) is 13.1 Å². The molecule has 0 aliphatic heterocycles. The van der Waals surface area contributed by atoms with Gasteiger partial charge in [-0.25, -0.2) is 9.61 Å². The van der Waals surface area contributed by atoms with Gasteiger partial charge < -0.3 is 9.88 Å². The first kappa shape index (κ1) is 9.85. The van der Waals surface area contributed by atoms with Crippen LogP contribution in [-0.2, 0) is 20.1 Å². The van der Waals surface area contributed by atoms with E-state index >= 15 is 0 Å². The van der Waals surface area contributed by atoms with Crippen molar-refractivity contribution in [2.24, 2.45) is 7.05 Å². The zero-order chi connectivity index (χ0) is 10.7. The minimum atomic E-state index is 0.641. The van der Waals surface area contributed by atoms with Gasteiger partial charge in [-0.2, -0.15) is 0 Å². The third-order valence-corrected chi connectivity index (χ3v) is 2.24. The molecule has 0 fully saturated rings. The van der Waals surface area contributed by atoms with Crippen molar-refractivity contribution in [1.82, 2.24) is 25.2 Å². The van der Waals surface area contributed by atoms with E-state index in [4.69, 9.17) is 0 Å². The molecule has 1 N–H and O–H groups in total. The van der Waals surface area contributed by atoms with E-state index < -0.39 is 0 Å². The molecule has 0 unspecified atom stereocenters. The monoisotopic (exact) mass is 207 g/mol. The number of nitrogens with one attached hydrogen (secondary N) is 1. The van der Waals surface area contributed by atoms with E-state index in [2.05, 4.69) is 25.2 Å². The van der Waals surface area contributed by atoms with Gasteiger partial charge in [0.25, 0.3) is 0 Å². The van der Waals surface area contributed by atoms with Crippen molar-refractivity contribution >= 4 is 0 Å². The normalized spacial score (nSPS) is 10.8. The van der Waals surface area contributed by atoms with Crippen LogP contribution in [0.5, 0.6) is 0 Å². The minimum Gasteiger partial charge on any atom is -0.337 e. The van der Waals surface area contributed by atoms with Crippen LogP contribution in [0.1, 0.15) is 17.2 Å². The third kappa shape index (κ3) is 2.21. The topological polar surface area (TPSA) is 68.8 Å². The second-order valence-corrected chi connectivity index (χ2v) is 3.35. The minimum absolute atomic E-state index is 0.641. The Labute approximate surface area is 87.3 Å². The Balaban J connectivity index is 1.86. The van der Waals surface area contributed by atoms with Crippen LogP contribution >= 0.6 is 0 Å². The Morgan fingerprint density at radius 2 is 2.27 bits per heavy atom. The quantitative estimate of drug-likeness (QED) is 0.786. The van der Waals surface area contributed by atoms with Gasteiger partial charge in [0.15, 0.2) is 0 Å². The van der Waals surface area contributed by atoms with Gasteiger partial charge in [-0.15, -0.1) is 0 Å². The lowest BCUT2D eigenvalue weighted by atomic mass is 10.3. The van der Waals surface area contributed by atoms with Gasteiger partial charge in [-0.3, -0.25) is 0 Å². The highest BCUT2D eigenvalue weighted by Crippen LogP contribution is 2.00. The molecule has 2 aromatic rings. The number of aromatic nitrogens is 4. The van der Waals surface area contributed by atoms with E-state index in [-0.39, 0.29) is 0 Å². The van der Waals surface area contributed by atoms with Gasteiger partial charge in [0, 0.05) is 26.0 Å². The van der Waals surface area contributed by atoms with Crippen LogP contribution in [-0.4, -0.2) is 19.9 Å². The Hall–Kier alpha value is -1.69. The lowest BCUT2D eigenvalue weighted by Gasteiger charge is -2.02. The summed E-state index contributed by atoms with van der Waals surface area (Å²) in [7, 11) is 1.97. The molecule has 6 nitrogen and oxygen atoms in total. The predicted molar refractivity (Wildman–Crippen MR) is 52.8 cm³/mol. The molecule has 2 heterocycles. The van der Waals surface area contributed by atoms with Gasteiger partial charge in [0.1, 0.15) is 17.2 Å². The molecule has 2 aromatic heterocycles. The number of imidazole rings is 1. The number of hydrogen-bond donors (Lipinski definition) is 1. The standard InChI is InChI=1S/C9H13N5O/c1-7-8(13-15-12-7)5-10-6-9-11-3-4-14(9)2/h3-4,10H,5-6H2,1-2H3. The van der Waals surface area contributed by atoms with Crippen LogP contribution in [0.4, 0.5) is 0 Å². The Morgan fingerprint density at radius 1 is 1.40 bits per heavy atom. The van der Waals surface area contributed by atoms with E-state index in [9.17, 15) is 0 Å². The molecule has 0 atom stereocenters. The smallest absolute Gasteiger partial charge is 0.122 e. The maximum absolute atomic E-state index is 4.60. The summed E-state index contributed by atoms with van der Waals surface area (Å²) >= 11 is 0. The molecule has 0 saturated carbocycles. The van der Waals surface area contributed by atoms with Crippen LogP contribution < -0.4 is 5.32 Å². The number of rotatable bonds is 4. The summed E-state index contributed by atoms with van der Waals surface area (Å²) in [4.78, 5) is 4.20. The van der Waals surface area contributed by atoms with Crippen molar-refractivity contribution in [2.75, 3.05) is 0 Å². The molecular formula is C9H13N5O. The first-order valence-electron chi connectivity index (χ1n) is 4.72. The number of nitrogens with zero attached hydrogens (tertiary/aromatic N) is 4. The highest BCUT2D eigenvalue weighted by Gasteiger charge is 2.04. The predicted octanol–water partition coefficient (Wildman–Crippen LogP) is 0.401. The fourth-order valence-electron chi connectivity index (χ4n) is 1.27. The molecule has 0 spiro atoms. The van der Waals surface area contributed by atoms with Gasteiger partial charge in [-0.05, 0) is 6.92 Å². The molecule has 0 bridgehead atoms. The van der Waals surface area contributed by atoms with Crippen molar-refractivity contribution in [3.8, 4) is 0 Å². The molecule has 0 aliphatic carbocycles. The fourth-order valence-corrected chi connectivity index (χ4v) is 1.27. The lowest BCUT2D eigenvalue weighted by molar-refractivity contribution is 0.300. The summed E-state index contributed by atoms with van der Waals surface area (Å²) in [6.07, 6.45) is 3.69. The molecular weight excluding hydrogens is 194 g/mol. The second-order valence-electron chi connectivity index (χ2n) is 3.35. The molecule has 0 aliphatic rings. The van der Waals surface area contributed by atoms with Crippen LogP contribution in [0.15, 0.2) is 17.0 Å². The maximum atomic E-state index is 4.60. The van der Waals surface area contributed by atoms with Crippen molar-refractivity contribution in [1.29, 1.82) is 0 Å². The Bertz CT molecular complexity index is 393. The highest BCUT2D eigenvalue weighted by molar-refractivity contribution is 5.04. The van der Waals surface area contributed by atoms with Gasteiger partial charge in [0.2, 0.25) is 0 Å². The average Bonchev–Trinajstić information content (AvgIpc) is 2.78. The molecule has 6 heteroatoms. The Morgan fingerprint density at radius 3 is 2.87 bits per heavy atom. The molecule has 0 amide bonds. The fraction of sp³-hybridized carbons (Fsp3) is 0.444. The number of aryl methyl sites for hydroxylation is 2. The first-order valence-corrected chi connectivity index (χ1v) is 4.72. The van der Waals surface area contributed by atoms with Crippen LogP contribution in [0.2, 0.25) is 0 Å². The molecule has 15 heavy (non-hydrogen) atoms. The summed E-state index contributed by atoms with van der Waals surface area (Å²) < 4.78 is 6.57.